The van der Waals surface area contributed by atoms with Crippen LogP contribution in [0.1, 0.15) is 104 Å². The number of unbranched alkanes of at least 4 members (excludes halogenated alkanes) is 10. The summed E-state index contributed by atoms with van der Waals surface area (Å²) in [6.45, 7) is 4.29. The molecular weight excluding hydrogens is 335 g/mol. The van der Waals surface area contributed by atoms with Crippen LogP contribution in [0.3, 0.4) is 0 Å². The van der Waals surface area contributed by atoms with Crippen LogP contribution in [0.15, 0.2) is 0 Å². The van der Waals surface area contributed by atoms with Crippen LogP contribution in [-0.2, 0) is 10.1 Å². The Bertz CT molecular complexity index is 360. The molecule has 0 saturated carbocycles. The molecule has 2 unspecified atom stereocenters. The van der Waals surface area contributed by atoms with E-state index in [1.165, 1.54) is 32.1 Å². The average molecular weight is 373 g/mol. The van der Waals surface area contributed by atoms with Crippen molar-refractivity contribution in [2.45, 2.75) is 115 Å². The van der Waals surface area contributed by atoms with E-state index in [1.54, 1.807) is 0 Å². The molecule has 0 aliphatic heterocycles. The number of aliphatic hydroxyl groups excluding tert-OH is 1. The first-order valence-corrected chi connectivity index (χ1v) is 11.0. The first-order valence-electron chi connectivity index (χ1n) is 9.56. The fourth-order valence-corrected chi connectivity index (χ4v) is 3.95. The zero-order valence-corrected chi connectivity index (χ0v) is 19.0. The van der Waals surface area contributed by atoms with Crippen molar-refractivity contribution in [2.24, 2.45) is 0 Å². The van der Waals surface area contributed by atoms with Crippen LogP contribution < -0.4 is 29.6 Å². The summed E-state index contributed by atoms with van der Waals surface area (Å²) >= 11 is 0. The molecule has 24 heavy (non-hydrogen) atoms. The molecule has 0 spiro atoms. The van der Waals surface area contributed by atoms with Crippen molar-refractivity contribution in [3.63, 3.8) is 0 Å². The van der Waals surface area contributed by atoms with Gasteiger partial charge in [-0.2, -0.15) is 0 Å². The summed E-state index contributed by atoms with van der Waals surface area (Å²) in [5.74, 6) is 0. The Morgan fingerprint density at radius 1 is 0.750 bits per heavy atom. The molecule has 0 aromatic rings. The number of hydrogen-bond donors (Lipinski definition) is 1. The van der Waals surface area contributed by atoms with Crippen LogP contribution in [-0.4, -0.2) is 29.4 Å². The third-order valence-electron chi connectivity index (χ3n) is 4.50. The van der Waals surface area contributed by atoms with Crippen molar-refractivity contribution >= 4 is 10.1 Å². The van der Waals surface area contributed by atoms with E-state index in [4.69, 9.17) is 0 Å². The number of hydrogen-bond acceptors (Lipinski definition) is 4. The molecule has 0 heterocycles. The first-order chi connectivity index (χ1) is 10.9. The van der Waals surface area contributed by atoms with Crippen molar-refractivity contribution in [3.05, 3.63) is 0 Å². The smallest absolute Gasteiger partial charge is 0.748 e. The zero-order chi connectivity index (χ0) is 17.6. The van der Waals surface area contributed by atoms with Crippen molar-refractivity contribution < 1.29 is 47.6 Å². The third-order valence-corrected chi connectivity index (χ3v) is 5.79. The predicted molar refractivity (Wildman–Crippen MR) is 95.5 cm³/mol. The second kappa shape index (κ2) is 17.3. The van der Waals surface area contributed by atoms with Gasteiger partial charge in [-0.25, -0.2) is 8.42 Å². The van der Waals surface area contributed by atoms with Gasteiger partial charge in [-0.05, 0) is 12.8 Å². The van der Waals surface area contributed by atoms with Gasteiger partial charge >= 0.3 is 29.6 Å². The summed E-state index contributed by atoms with van der Waals surface area (Å²) in [5.41, 5.74) is 0. The zero-order valence-electron chi connectivity index (χ0n) is 16.1. The van der Waals surface area contributed by atoms with Crippen LogP contribution in [0, 0.1) is 0 Å². The molecule has 1 N–H and O–H groups in total. The van der Waals surface area contributed by atoms with E-state index in [1.807, 2.05) is 0 Å². The second-order valence-electron chi connectivity index (χ2n) is 6.71. The minimum atomic E-state index is -4.41. The van der Waals surface area contributed by atoms with E-state index >= 15 is 0 Å². The molecule has 0 fully saturated rings. The molecule has 0 amide bonds. The fourth-order valence-electron chi connectivity index (χ4n) is 2.97. The maximum atomic E-state index is 11.4. The van der Waals surface area contributed by atoms with Gasteiger partial charge in [0.05, 0.1) is 11.4 Å². The van der Waals surface area contributed by atoms with Crippen LogP contribution in [0.25, 0.3) is 0 Å². The Hall–Kier alpha value is 0.870. The Morgan fingerprint density at radius 2 is 1.12 bits per heavy atom. The van der Waals surface area contributed by atoms with E-state index in [9.17, 15) is 18.1 Å². The van der Waals surface area contributed by atoms with Crippen LogP contribution in [0.4, 0.5) is 0 Å². The largest absolute Gasteiger partial charge is 1.00 e. The van der Waals surface area contributed by atoms with Gasteiger partial charge in [0, 0.05) is 0 Å². The third kappa shape index (κ3) is 15.2. The van der Waals surface area contributed by atoms with E-state index in [0.29, 0.717) is 19.3 Å². The Morgan fingerprint density at radius 3 is 1.58 bits per heavy atom. The maximum Gasteiger partial charge on any atom is 1.00 e. The maximum absolute atomic E-state index is 11.4. The summed E-state index contributed by atoms with van der Waals surface area (Å²) in [7, 11) is -4.41. The van der Waals surface area contributed by atoms with Gasteiger partial charge in [0.25, 0.3) is 0 Å². The van der Waals surface area contributed by atoms with Gasteiger partial charge in [0.15, 0.2) is 0 Å². The minimum absolute atomic E-state index is 0. The van der Waals surface area contributed by atoms with Crippen molar-refractivity contribution in [1.29, 1.82) is 0 Å². The van der Waals surface area contributed by atoms with Crippen molar-refractivity contribution in [3.8, 4) is 0 Å². The van der Waals surface area contributed by atoms with Crippen molar-refractivity contribution in [1.82, 2.24) is 0 Å². The normalized spacial score (nSPS) is 14.2. The molecule has 0 saturated heterocycles. The Balaban J connectivity index is 0. The minimum Gasteiger partial charge on any atom is -0.748 e. The molecule has 0 radical (unpaired) electrons. The molecule has 0 bridgehead atoms. The molecule has 0 aliphatic rings. The fraction of sp³-hybridized carbons (Fsp3) is 1.00. The average Bonchev–Trinajstić information content (AvgIpc) is 2.48. The van der Waals surface area contributed by atoms with E-state index in [2.05, 4.69) is 13.8 Å². The van der Waals surface area contributed by atoms with E-state index in [0.717, 1.165) is 38.5 Å². The monoisotopic (exact) mass is 372 g/mol. The molecule has 140 valence electrons. The van der Waals surface area contributed by atoms with Crippen LogP contribution in [0.5, 0.6) is 0 Å². The molecule has 0 rings (SSSR count). The summed E-state index contributed by atoms with van der Waals surface area (Å²) in [4.78, 5) is 0. The molecule has 2 atom stereocenters. The van der Waals surface area contributed by atoms with Crippen LogP contribution >= 0.6 is 0 Å². The molecule has 6 heteroatoms. The van der Waals surface area contributed by atoms with Gasteiger partial charge in [0.1, 0.15) is 10.1 Å². The predicted octanol–water partition coefficient (Wildman–Crippen LogP) is 1.77. The van der Waals surface area contributed by atoms with E-state index in [-0.39, 0.29) is 29.6 Å². The Labute approximate surface area is 172 Å². The van der Waals surface area contributed by atoms with Gasteiger partial charge < -0.3 is 9.66 Å². The number of rotatable bonds is 16. The standard InChI is InChI=1S/C18H38O4S.Na/c1-3-5-7-9-10-11-12-14-16-18(23(20,21)22)17(19)15-13-8-6-4-2;/h17-19H,3-16H2,1-2H3,(H,20,21,22);/q;+1/p-1. The molecule has 0 aromatic carbocycles. The van der Waals surface area contributed by atoms with Crippen LogP contribution in [0.2, 0.25) is 0 Å². The molecule has 0 aromatic heterocycles. The van der Waals surface area contributed by atoms with Gasteiger partial charge in [-0.3, -0.25) is 0 Å². The van der Waals surface area contributed by atoms with Crippen molar-refractivity contribution in [2.75, 3.05) is 0 Å². The second-order valence-corrected chi connectivity index (χ2v) is 8.30. The van der Waals surface area contributed by atoms with Gasteiger partial charge in [-0.15, -0.1) is 0 Å². The molecular formula is C18H37NaO4S. The van der Waals surface area contributed by atoms with Gasteiger partial charge in [-0.1, -0.05) is 90.9 Å². The topological polar surface area (TPSA) is 77.4 Å². The summed E-state index contributed by atoms with van der Waals surface area (Å²) in [6, 6.07) is 0. The SMILES string of the molecule is CCCCCCCCCCC(C(O)CCCCCC)S(=O)(=O)[O-].[Na+]. The summed E-state index contributed by atoms with van der Waals surface area (Å²) in [5, 5.41) is 8.94. The molecule has 0 aliphatic carbocycles. The first kappa shape index (κ1) is 27.1. The van der Waals surface area contributed by atoms with Gasteiger partial charge in [0.2, 0.25) is 0 Å². The quantitative estimate of drug-likeness (QED) is 0.254. The Kier molecular flexibility index (Phi) is 19.5. The number of aliphatic hydroxyl groups is 1. The summed E-state index contributed by atoms with van der Waals surface area (Å²) in [6.07, 6.45) is 12.6. The summed E-state index contributed by atoms with van der Waals surface area (Å²) < 4.78 is 34.2. The van der Waals surface area contributed by atoms with E-state index < -0.39 is 21.5 Å². The molecule has 4 nitrogen and oxygen atoms in total.